The van der Waals surface area contributed by atoms with E-state index in [1.54, 1.807) is 12.4 Å². The Morgan fingerprint density at radius 1 is 0.868 bits per heavy atom. The van der Waals surface area contributed by atoms with Crippen LogP contribution in [0.1, 0.15) is 69.2 Å². The van der Waals surface area contributed by atoms with Gasteiger partial charge in [0.05, 0.1) is 18.5 Å². The van der Waals surface area contributed by atoms with Crippen molar-refractivity contribution in [1.82, 2.24) is 34.6 Å². The van der Waals surface area contributed by atoms with Gasteiger partial charge in [-0.25, -0.2) is 9.97 Å². The first-order chi connectivity index (χ1) is 18.3. The summed E-state index contributed by atoms with van der Waals surface area (Å²) in [4.78, 5) is 35.9. The summed E-state index contributed by atoms with van der Waals surface area (Å²) in [5, 5.41) is 0. The van der Waals surface area contributed by atoms with Gasteiger partial charge in [0.1, 0.15) is 11.6 Å². The molecule has 2 aliphatic heterocycles. The molecule has 3 aromatic rings. The van der Waals surface area contributed by atoms with E-state index >= 15 is 0 Å². The summed E-state index contributed by atoms with van der Waals surface area (Å²) in [6.07, 6.45) is 11.4. The number of aromatic nitrogens is 4. The molecule has 2 N–H and O–H groups in total. The number of hydrogen-bond acceptors (Lipinski definition) is 5. The highest BCUT2D eigenvalue weighted by Crippen LogP contribution is 2.41. The number of likely N-dealkylation sites (tertiary alicyclic amines) is 2. The molecule has 38 heavy (non-hydrogen) atoms. The molecule has 8 heteroatoms. The second-order valence-electron chi connectivity index (χ2n) is 12.5. The number of piperidine rings is 2. The fourth-order valence-electron chi connectivity index (χ4n) is 6.17. The minimum atomic E-state index is -0.148. The highest BCUT2D eigenvalue weighted by atomic mass is 16.2. The number of amides is 1. The fourth-order valence-corrected chi connectivity index (χ4v) is 6.17. The average Bonchev–Trinajstić information content (AvgIpc) is 3.58. The molecule has 1 amide bonds. The lowest BCUT2D eigenvalue weighted by atomic mass is 9.71. The average molecular weight is 518 g/mol. The van der Waals surface area contributed by atoms with Gasteiger partial charge in [-0.1, -0.05) is 45.0 Å². The quantitative estimate of drug-likeness (QED) is 0.434. The molecule has 1 aromatic carbocycles. The molecule has 8 nitrogen and oxygen atoms in total. The van der Waals surface area contributed by atoms with Gasteiger partial charge in [0, 0.05) is 51.0 Å². The summed E-state index contributed by atoms with van der Waals surface area (Å²) in [6, 6.07) is 8.77. The first-order valence-corrected chi connectivity index (χ1v) is 14.1. The molecule has 4 heterocycles. The van der Waals surface area contributed by atoms with Gasteiger partial charge in [0.2, 0.25) is 5.91 Å². The van der Waals surface area contributed by atoms with Crippen LogP contribution in [0.3, 0.4) is 0 Å². The van der Waals surface area contributed by atoms with Crippen LogP contribution < -0.4 is 0 Å². The van der Waals surface area contributed by atoms with E-state index in [1.807, 2.05) is 12.4 Å². The molecular weight excluding hydrogens is 474 g/mol. The van der Waals surface area contributed by atoms with Crippen molar-refractivity contribution >= 4 is 5.91 Å². The van der Waals surface area contributed by atoms with E-state index in [0.717, 1.165) is 70.1 Å². The highest BCUT2D eigenvalue weighted by Gasteiger charge is 2.45. The van der Waals surface area contributed by atoms with Crippen LogP contribution in [0.4, 0.5) is 0 Å². The van der Waals surface area contributed by atoms with E-state index in [9.17, 15) is 4.79 Å². The predicted octanol–water partition coefficient (Wildman–Crippen LogP) is 4.59. The number of benzene rings is 1. The Bertz CT molecular complexity index is 1100. The van der Waals surface area contributed by atoms with E-state index in [0.29, 0.717) is 31.0 Å². The van der Waals surface area contributed by atoms with Gasteiger partial charge in [0.25, 0.3) is 0 Å². The monoisotopic (exact) mass is 517 g/mol. The normalized spacial score (nSPS) is 18.5. The zero-order valence-corrected chi connectivity index (χ0v) is 23.2. The summed E-state index contributed by atoms with van der Waals surface area (Å²) >= 11 is 0. The van der Waals surface area contributed by atoms with E-state index in [1.165, 1.54) is 11.1 Å². The third-order valence-electron chi connectivity index (χ3n) is 7.99. The molecule has 2 saturated heterocycles. The van der Waals surface area contributed by atoms with Crippen molar-refractivity contribution in [2.24, 2.45) is 10.8 Å². The van der Waals surface area contributed by atoms with Gasteiger partial charge in [-0.15, -0.1) is 0 Å². The molecule has 1 spiro atoms. The summed E-state index contributed by atoms with van der Waals surface area (Å²) in [7, 11) is 0. The zero-order valence-electron chi connectivity index (χ0n) is 23.2. The second kappa shape index (κ2) is 11.4. The van der Waals surface area contributed by atoms with Crippen LogP contribution in [0.2, 0.25) is 0 Å². The number of carbonyl (C=O) groups is 1. The van der Waals surface area contributed by atoms with Crippen LogP contribution >= 0.6 is 0 Å². The molecule has 5 rings (SSSR count). The van der Waals surface area contributed by atoms with Crippen LogP contribution in [0.25, 0.3) is 0 Å². The Hall–Kier alpha value is -2.97. The Balaban J connectivity index is 1.19. The maximum atomic E-state index is 13.7. The van der Waals surface area contributed by atoms with E-state index in [4.69, 9.17) is 0 Å². The lowest BCUT2D eigenvalue weighted by Crippen LogP contribution is -2.54. The highest BCUT2D eigenvalue weighted by molar-refractivity contribution is 5.83. The Morgan fingerprint density at radius 3 is 2.03 bits per heavy atom. The van der Waals surface area contributed by atoms with Crippen molar-refractivity contribution in [3.8, 4) is 0 Å². The molecule has 0 unspecified atom stereocenters. The molecule has 2 aliphatic rings. The second-order valence-corrected chi connectivity index (χ2v) is 12.5. The number of H-pyrrole nitrogens is 2. The van der Waals surface area contributed by atoms with Gasteiger partial charge in [-0.05, 0) is 55.3 Å². The Kier molecular flexibility index (Phi) is 8.00. The Labute approximate surface area is 226 Å². The SMILES string of the molecule is CC(C)(C)CN1CCC2(CCCN(Cc3ccc(CN(Cc4ncc[nH]4)Cc4ncc[nH]4)cc3)C2=O)CC1. The smallest absolute Gasteiger partial charge is 0.229 e. The standard InChI is InChI=1S/C30H43N7O/c1-29(2,3)23-35-17-10-30(11-18-35)9-4-16-37(28(30)38)20-25-7-5-24(6-8-25)19-36(21-26-31-12-13-32-26)22-27-33-14-15-34-27/h5-8,12-15H,4,9-11,16-23H2,1-3H3,(H,31,32)(H,33,34). The number of carbonyl (C=O) groups excluding carboxylic acids is 1. The van der Waals surface area contributed by atoms with Crippen LogP contribution in [0, 0.1) is 10.8 Å². The predicted molar refractivity (Wildman–Crippen MR) is 149 cm³/mol. The van der Waals surface area contributed by atoms with Crippen molar-refractivity contribution in [1.29, 1.82) is 0 Å². The number of nitrogens with one attached hydrogen (secondary N) is 2. The summed E-state index contributed by atoms with van der Waals surface area (Å²) in [6.45, 7) is 13.9. The summed E-state index contributed by atoms with van der Waals surface area (Å²) < 4.78 is 0. The third kappa shape index (κ3) is 6.72. The number of nitrogens with zero attached hydrogens (tertiary/aromatic N) is 5. The van der Waals surface area contributed by atoms with Gasteiger partial charge in [-0.2, -0.15) is 0 Å². The molecule has 0 atom stereocenters. The van der Waals surface area contributed by atoms with E-state index < -0.39 is 0 Å². The van der Waals surface area contributed by atoms with Gasteiger partial charge >= 0.3 is 0 Å². The van der Waals surface area contributed by atoms with Gasteiger partial charge in [0.15, 0.2) is 0 Å². The van der Waals surface area contributed by atoms with Crippen molar-refractivity contribution in [3.05, 3.63) is 71.8 Å². The van der Waals surface area contributed by atoms with Crippen molar-refractivity contribution in [2.45, 2.75) is 72.6 Å². The molecule has 204 valence electrons. The molecule has 0 aliphatic carbocycles. The summed E-state index contributed by atoms with van der Waals surface area (Å²) in [5.41, 5.74) is 2.59. The van der Waals surface area contributed by atoms with Crippen molar-refractivity contribution in [2.75, 3.05) is 26.2 Å². The number of rotatable bonds is 9. The minimum absolute atomic E-state index is 0.148. The lowest BCUT2D eigenvalue weighted by molar-refractivity contribution is -0.151. The van der Waals surface area contributed by atoms with Crippen LogP contribution in [0.15, 0.2) is 49.1 Å². The van der Waals surface area contributed by atoms with Crippen LogP contribution in [-0.4, -0.2) is 66.7 Å². The molecule has 0 radical (unpaired) electrons. The van der Waals surface area contributed by atoms with Gasteiger partial charge in [-0.3, -0.25) is 9.69 Å². The third-order valence-corrected chi connectivity index (χ3v) is 7.99. The summed E-state index contributed by atoms with van der Waals surface area (Å²) in [5.74, 6) is 2.26. The number of aromatic amines is 2. The first kappa shape index (κ1) is 26.6. The van der Waals surface area contributed by atoms with E-state index in [-0.39, 0.29) is 5.41 Å². The van der Waals surface area contributed by atoms with Crippen molar-refractivity contribution < 1.29 is 4.79 Å². The number of imidazole rings is 2. The Morgan fingerprint density at radius 2 is 1.47 bits per heavy atom. The minimum Gasteiger partial charge on any atom is -0.348 e. The first-order valence-electron chi connectivity index (χ1n) is 14.1. The van der Waals surface area contributed by atoms with Crippen LogP contribution in [0.5, 0.6) is 0 Å². The van der Waals surface area contributed by atoms with Crippen molar-refractivity contribution in [3.63, 3.8) is 0 Å². The van der Waals surface area contributed by atoms with E-state index in [2.05, 4.69) is 79.7 Å². The lowest BCUT2D eigenvalue weighted by Gasteiger charge is -2.47. The molecule has 2 aromatic heterocycles. The van der Waals surface area contributed by atoms with Gasteiger partial charge < -0.3 is 19.8 Å². The maximum Gasteiger partial charge on any atom is 0.229 e. The molecular formula is C30H43N7O. The molecule has 2 fully saturated rings. The largest absolute Gasteiger partial charge is 0.348 e. The van der Waals surface area contributed by atoms with Crippen LogP contribution in [-0.2, 0) is 31.0 Å². The maximum absolute atomic E-state index is 13.7. The zero-order chi connectivity index (χ0) is 26.6. The fraction of sp³-hybridized carbons (Fsp3) is 0.567. The topological polar surface area (TPSA) is 84.2 Å². The number of hydrogen-bond donors (Lipinski definition) is 2. The molecule has 0 bridgehead atoms. The molecule has 0 saturated carbocycles.